The van der Waals surface area contributed by atoms with Gasteiger partial charge in [0.1, 0.15) is 0 Å². The average Bonchev–Trinajstić information content (AvgIpc) is 2.63. The summed E-state index contributed by atoms with van der Waals surface area (Å²) in [5.74, 6) is -0.137. The Bertz CT molecular complexity index is 493. The summed E-state index contributed by atoms with van der Waals surface area (Å²) in [5, 5.41) is 2.90. The number of amides is 1. The zero-order chi connectivity index (χ0) is 18.2. The quantitative estimate of drug-likeness (QED) is 0.281. The number of hydrogen-bond donors (Lipinski definition) is 1. The van der Waals surface area contributed by atoms with Crippen LogP contribution in [0.1, 0.15) is 91.0 Å². The minimum Gasteiger partial charge on any atom is -1.00 e. The Balaban J connectivity index is 0. The summed E-state index contributed by atoms with van der Waals surface area (Å²) < 4.78 is 0. The van der Waals surface area contributed by atoms with E-state index in [4.69, 9.17) is 0 Å². The molecule has 0 fully saturated rings. The molecule has 3 heteroatoms. The van der Waals surface area contributed by atoms with Gasteiger partial charge in [-0.3, -0.25) is 4.79 Å². The van der Waals surface area contributed by atoms with Gasteiger partial charge in [0.25, 0.3) is 0 Å². The normalized spacial score (nSPS) is 10.2. The molecule has 1 N–H and O–H groups in total. The molecule has 0 spiro atoms. The fourth-order valence-electron chi connectivity index (χ4n) is 3.20. The van der Waals surface area contributed by atoms with Gasteiger partial charge >= 0.3 is 29.6 Å². The largest absolute Gasteiger partial charge is 1.00 e. The molecular weight excluding hydrogens is 329 g/mol. The standard InChI is InChI=1S/C23H37NO.Na.H/c1-3-5-6-7-8-9-10-11-12-13-14-15-18-21-19-16-17-20-22(21)24-23(25)4-2;;/h4,16-17,19-20H,2-3,5-15,18H2,1H3,(H,24,25);;/q;+1;-1. The van der Waals surface area contributed by atoms with Crippen molar-refractivity contribution in [3.63, 3.8) is 0 Å². The summed E-state index contributed by atoms with van der Waals surface area (Å²) in [6.45, 7) is 5.78. The number of aryl methyl sites for hydroxylation is 1. The third kappa shape index (κ3) is 12.7. The molecule has 1 aromatic rings. The Kier molecular flexibility index (Phi) is 17.4. The van der Waals surface area contributed by atoms with E-state index in [0.717, 1.165) is 12.1 Å². The molecule has 26 heavy (non-hydrogen) atoms. The molecule has 0 aliphatic rings. The van der Waals surface area contributed by atoms with Crippen molar-refractivity contribution in [3.05, 3.63) is 42.5 Å². The number of anilines is 1. The Morgan fingerprint density at radius 2 is 1.42 bits per heavy atom. The van der Waals surface area contributed by atoms with E-state index >= 15 is 0 Å². The first-order valence-corrected chi connectivity index (χ1v) is 10.3. The van der Waals surface area contributed by atoms with Crippen LogP contribution in [-0.4, -0.2) is 5.91 Å². The number of benzene rings is 1. The number of carbonyl (C=O) groups excluding carboxylic acids is 1. The molecule has 0 aliphatic heterocycles. The SMILES string of the molecule is C=CC(=O)Nc1ccccc1CCCCCCCCCCCCCC.[H-].[Na+]. The van der Waals surface area contributed by atoms with E-state index in [2.05, 4.69) is 24.9 Å². The molecule has 1 amide bonds. The summed E-state index contributed by atoms with van der Waals surface area (Å²) in [6.07, 6.45) is 18.7. The summed E-state index contributed by atoms with van der Waals surface area (Å²) in [4.78, 5) is 11.5. The maximum Gasteiger partial charge on any atom is 1.00 e. The van der Waals surface area contributed by atoms with Crippen molar-refractivity contribution in [1.29, 1.82) is 0 Å². The van der Waals surface area contributed by atoms with Crippen molar-refractivity contribution in [2.24, 2.45) is 0 Å². The van der Waals surface area contributed by atoms with Gasteiger partial charge in [0.15, 0.2) is 0 Å². The van der Waals surface area contributed by atoms with Crippen molar-refractivity contribution in [3.8, 4) is 0 Å². The molecule has 2 nitrogen and oxygen atoms in total. The second kappa shape index (κ2) is 17.8. The number of nitrogens with one attached hydrogen (secondary N) is 1. The smallest absolute Gasteiger partial charge is 1.00 e. The molecule has 0 atom stereocenters. The first-order chi connectivity index (χ1) is 12.3. The van der Waals surface area contributed by atoms with Crippen LogP contribution in [0.25, 0.3) is 0 Å². The van der Waals surface area contributed by atoms with Crippen molar-refractivity contribution in [1.82, 2.24) is 0 Å². The van der Waals surface area contributed by atoms with Crippen LogP contribution >= 0.6 is 0 Å². The molecule has 1 rings (SSSR count). The van der Waals surface area contributed by atoms with Crippen LogP contribution in [0.3, 0.4) is 0 Å². The zero-order valence-corrected chi connectivity index (χ0v) is 19.2. The van der Waals surface area contributed by atoms with Gasteiger partial charge in [-0.05, 0) is 30.5 Å². The molecule has 0 aromatic heterocycles. The molecule has 0 bridgehead atoms. The van der Waals surface area contributed by atoms with Crippen molar-refractivity contribution >= 4 is 11.6 Å². The molecule has 0 heterocycles. The van der Waals surface area contributed by atoms with E-state index in [0.29, 0.717) is 0 Å². The van der Waals surface area contributed by atoms with Gasteiger partial charge in [-0.1, -0.05) is 102 Å². The maximum absolute atomic E-state index is 11.5. The predicted molar refractivity (Wildman–Crippen MR) is 111 cm³/mol. The average molecular weight is 368 g/mol. The summed E-state index contributed by atoms with van der Waals surface area (Å²) in [5.41, 5.74) is 2.15. The van der Waals surface area contributed by atoms with Crippen molar-refractivity contribution in [2.75, 3.05) is 5.32 Å². The fraction of sp³-hybridized carbons (Fsp3) is 0.609. The number of hydrogen-bond acceptors (Lipinski definition) is 1. The van der Waals surface area contributed by atoms with Crippen LogP contribution < -0.4 is 34.9 Å². The van der Waals surface area contributed by atoms with E-state index in [1.54, 1.807) is 0 Å². The number of para-hydroxylation sites is 1. The van der Waals surface area contributed by atoms with Gasteiger partial charge in [0.05, 0.1) is 0 Å². The molecule has 0 aliphatic carbocycles. The Morgan fingerprint density at radius 1 is 0.923 bits per heavy atom. The molecule has 0 radical (unpaired) electrons. The topological polar surface area (TPSA) is 29.1 Å². The predicted octanol–water partition coefficient (Wildman–Crippen LogP) is 4.17. The Labute approximate surface area is 185 Å². The van der Waals surface area contributed by atoms with E-state index in [1.165, 1.54) is 88.7 Å². The molecule has 0 saturated carbocycles. The summed E-state index contributed by atoms with van der Waals surface area (Å²) in [6, 6.07) is 8.08. The third-order valence-electron chi connectivity index (χ3n) is 4.76. The van der Waals surface area contributed by atoms with Gasteiger partial charge in [0, 0.05) is 5.69 Å². The Morgan fingerprint density at radius 3 is 1.96 bits per heavy atom. The number of rotatable bonds is 15. The van der Waals surface area contributed by atoms with E-state index in [1.807, 2.05) is 18.2 Å². The van der Waals surface area contributed by atoms with Gasteiger partial charge in [-0.2, -0.15) is 0 Å². The van der Waals surface area contributed by atoms with Gasteiger partial charge in [-0.15, -0.1) is 0 Å². The maximum atomic E-state index is 11.5. The fourth-order valence-corrected chi connectivity index (χ4v) is 3.20. The molecule has 0 unspecified atom stereocenters. The zero-order valence-electron chi connectivity index (χ0n) is 18.2. The minimum atomic E-state index is -0.137. The third-order valence-corrected chi connectivity index (χ3v) is 4.76. The second-order valence-corrected chi connectivity index (χ2v) is 6.99. The minimum absolute atomic E-state index is 0. The summed E-state index contributed by atoms with van der Waals surface area (Å²) in [7, 11) is 0. The number of carbonyl (C=O) groups is 1. The van der Waals surface area contributed by atoms with Crippen LogP contribution in [-0.2, 0) is 11.2 Å². The van der Waals surface area contributed by atoms with Crippen LogP contribution in [0, 0.1) is 0 Å². The molecular formula is C23H38NNaO. The van der Waals surface area contributed by atoms with Crippen molar-refractivity contribution < 1.29 is 35.8 Å². The number of unbranched alkanes of at least 4 members (excludes halogenated alkanes) is 11. The van der Waals surface area contributed by atoms with Gasteiger partial charge in [-0.25, -0.2) is 0 Å². The Hall–Kier alpha value is -0.570. The van der Waals surface area contributed by atoms with Gasteiger partial charge < -0.3 is 6.74 Å². The van der Waals surface area contributed by atoms with Crippen molar-refractivity contribution in [2.45, 2.75) is 90.4 Å². The summed E-state index contributed by atoms with van der Waals surface area (Å²) >= 11 is 0. The van der Waals surface area contributed by atoms with Crippen LogP contribution in [0.15, 0.2) is 36.9 Å². The van der Waals surface area contributed by atoms with E-state index in [9.17, 15) is 4.79 Å². The van der Waals surface area contributed by atoms with E-state index in [-0.39, 0.29) is 36.9 Å². The van der Waals surface area contributed by atoms with Crippen LogP contribution in [0.4, 0.5) is 5.69 Å². The molecule has 0 saturated heterocycles. The van der Waals surface area contributed by atoms with Gasteiger partial charge in [0.2, 0.25) is 5.91 Å². The molecule has 142 valence electrons. The van der Waals surface area contributed by atoms with E-state index < -0.39 is 0 Å². The first-order valence-electron chi connectivity index (χ1n) is 10.3. The van der Waals surface area contributed by atoms with Crippen LogP contribution in [0.2, 0.25) is 0 Å². The first kappa shape index (κ1) is 25.4. The van der Waals surface area contributed by atoms with Crippen LogP contribution in [0.5, 0.6) is 0 Å². The second-order valence-electron chi connectivity index (χ2n) is 6.99. The molecule has 1 aromatic carbocycles. The monoisotopic (exact) mass is 367 g/mol.